The minimum atomic E-state index is -4.60. The van der Waals surface area contributed by atoms with Crippen LogP contribution in [0.1, 0.15) is 16.1 Å². The van der Waals surface area contributed by atoms with Crippen molar-refractivity contribution in [2.75, 3.05) is 18.5 Å². The molecule has 0 unspecified atom stereocenters. The Kier molecular flexibility index (Phi) is 6.67. The number of hydrogen-bond acceptors (Lipinski definition) is 7. The van der Waals surface area contributed by atoms with Crippen molar-refractivity contribution in [3.63, 3.8) is 0 Å². The van der Waals surface area contributed by atoms with Crippen molar-refractivity contribution in [2.24, 2.45) is 7.05 Å². The molecule has 0 saturated heterocycles. The van der Waals surface area contributed by atoms with Crippen molar-refractivity contribution in [3.05, 3.63) is 94.7 Å². The average molecular weight is 509 g/mol. The van der Waals surface area contributed by atoms with E-state index in [0.717, 1.165) is 0 Å². The summed E-state index contributed by atoms with van der Waals surface area (Å²) < 4.78 is 41.8. The molecule has 10 nitrogen and oxygen atoms in total. The Morgan fingerprint density at radius 1 is 0.972 bits per heavy atom. The molecule has 0 bridgehead atoms. The van der Waals surface area contributed by atoms with Crippen molar-refractivity contribution in [3.8, 4) is 17.2 Å². The van der Waals surface area contributed by atoms with Crippen LogP contribution >= 0.6 is 0 Å². The highest BCUT2D eigenvalue weighted by atomic mass is 32.2. The summed E-state index contributed by atoms with van der Waals surface area (Å²) >= 11 is 0. The van der Waals surface area contributed by atoms with E-state index in [-0.39, 0.29) is 27.6 Å². The van der Waals surface area contributed by atoms with Crippen molar-refractivity contribution in [1.29, 1.82) is 0 Å². The SMILES string of the molecule is COc1ccc(S(=O)(=O)N(C(=O)c2cccnc2)c2c(C)n(C)n(-c3ccccc3)c2=O)cc1OC. The molecule has 2 aromatic carbocycles. The maximum atomic E-state index is 14.0. The molecule has 0 radical (unpaired) electrons. The Bertz CT molecular complexity index is 1580. The Hall–Kier alpha value is -4.38. The summed E-state index contributed by atoms with van der Waals surface area (Å²) in [6.07, 6.45) is 2.70. The second kappa shape index (κ2) is 9.70. The van der Waals surface area contributed by atoms with E-state index in [4.69, 9.17) is 9.47 Å². The van der Waals surface area contributed by atoms with Gasteiger partial charge in [0.2, 0.25) is 0 Å². The van der Waals surface area contributed by atoms with Gasteiger partial charge in [-0.3, -0.25) is 19.3 Å². The lowest BCUT2D eigenvalue weighted by molar-refractivity contribution is 0.100. The fourth-order valence-corrected chi connectivity index (χ4v) is 5.29. The van der Waals surface area contributed by atoms with Crippen LogP contribution in [0.5, 0.6) is 11.5 Å². The molecular weight excluding hydrogens is 484 g/mol. The number of para-hydroxylation sites is 1. The first kappa shape index (κ1) is 24.7. The zero-order chi connectivity index (χ0) is 26.0. The normalized spacial score (nSPS) is 11.2. The van der Waals surface area contributed by atoms with Gasteiger partial charge in [0.15, 0.2) is 11.5 Å². The first-order valence-electron chi connectivity index (χ1n) is 10.8. The Morgan fingerprint density at radius 2 is 1.67 bits per heavy atom. The van der Waals surface area contributed by atoms with Gasteiger partial charge in [-0.2, -0.15) is 4.31 Å². The topological polar surface area (TPSA) is 113 Å². The first-order valence-corrected chi connectivity index (χ1v) is 12.2. The Labute approximate surface area is 208 Å². The van der Waals surface area contributed by atoms with E-state index in [0.29, 0.717) is 15.7 Å². The van der Waals surface area contributed by atoms with Gasteiger partial charge in [0, 0.05) is 25.5 Å². The highest BCUT2D eigenvalue weighted by Gasteiger charge is 2.37. The summed E-state index contributed by atoms with van der Waals surface area (Å²) in [6.45, 7) is 1.57. The number of carbonyl (C=O) groups excluding carboxylic acids is 1. The lowest BCUT2D eigenvalue weighted by Crippen LogP contribution is -2.40. The number of benzene rings is 2. The van der Waals surface area contributed by atoms with Gasteiger partial charge in [-0.25, -0.2) is 13.1 Å². The van der Waals surface area contributed by atoms with E-state index < -0.39 is 21.5 Å². The Balaban J connectivity index is 2.00. The number of nitrogens with zero attached hydrogens (tertiary/aromatic N) is 4. The zero-order valence-electron chi connectivity index (χ0n) is 20.1. The molecule has 4 aromatic rings. The largest absolute Gasteiger partial charge is 0.493 e. The molecule has 0 spiro atoms. The molecule has 36 heavy (non-hydrogen) atoms. The molecular formula is C25H24N4O6S. The predicted molar refractivity (Wildman–Crippen MR) is 134 cm³/mol. The number of pyridine rings is 1. The zero-order valence-corrected chi connectivity index (χ0v) is 20.9. The average Bonchev–Trinajstić information content (AvgIpc) is 3.12. The fraction of sp³-hybridized carbons (Fsp3) is 0.160. The lowest BCUT2D eigenvalue weighted by atomic mass is 10.2. The lowest BCUT2D eigenvalue weighted by Gasteiger charge is -2.22. The summed E-state index contributed by atoms with van der Waals surface area (Å²) in [5.41, 5.74) is -0.204. The van der Waals surface area contributed by atoms with Crippen LogP contribution in [0.2, 0.25) is 0 Å². The molecule has 2 heterocycles. The van der Waals surface area contributed by atoms with E-state index in [1.165, 1.54) is 66.3 Å². The van der Waals surface area contributed by atoms with Crippen molar-refractivity contribution >= 4 is 21.6 Å². The quantitative estimate of drug-likeness (QED) is 0.377. The maximum absolute atomic E-state index is 14.0. The van der Waals surface area contributed by atoms with Crippen LogP contribution in [0.4, 0.5) is 5.69 Å². The molecule has 0 N–H and O–H groups in total. The van der Waals surface area contributed by atoms with Crippen LogP contribution in [-0.4, -0.2) is 42.9 Å². The summed E-state index contributed by atoms with van der Waals surface area (Å²) in [5, 5.41) is 0. The van der Waals surface area contributed by atoms with E-state index >= 15 is 0 Å². The standard InChI is InChI=1S/C25H24N4O6S/c1-17-23(25(31)28(27(17)2)19-10-6-5-7-11-19)29(24(30)18-9-8-14-26-16-18)36(32,33)20-12-13-21(34-3)22(15-20)35-4/h5-16H,1-4H3. The van der Waals surface area contributed by atoms with E-state index in [1.54, 1.807) is 44.3 Å². The molecule has 186 valence electrons. The number of ether oxygens (including phenoxy) is 2. The fourth-order valence-electron chi connectivity index (χ4n) is 3.81. The number of anilines is 1. The summed E-state index contributed by atoms with van der Waals surface area (Å²) in [4.78, 5) is 31.1. The monoisotopic (exact) mass is 508 g/mol. The maximum Gasteiger partial charge on any atom is 0.296 e. The van der Waals surface area contributed by atoms with Crippen molar-refractivity contribution in [2.45, 2.75) is 11.8 Å². The molecule has 0 aliphatic heterocycles. The van der Waals surface area contributed by atoms with Crippen LogP contribution in [-0.2, 0) is 17.1 Å². The van der Waals surface area contributed by atoms with E-state index in [1.807, 2.05) is 0 Å². The summed E-state index contributed by atoms with van der Waals surface area (Å²) in [6, 6.07) is 15.6. The van der Waals surface area contributed by atoms with Crippen LogP contribution in [0, 0.1) is 6.92 Å². The van der Waals surface area contributed by atoms with Crippen LogP contribution in [0.15, 0.2) is 82.7 Å². The molecule has 0 aliphatic rings. The van der Waals surface area contributed by atoms with Crippen LogP contribution in [0.25, 0.3) is 5.69 Å². The van der Waals surface area contributed by atoms with Gasteiger partial charge >= 0.3 is 0 Å². The smallest absolute Gasteiger partial charge is 0.296 e. The number of carbonyl (C=O) groups is 1. The minimum absolute atomic E-state index is 0.00420. The third-order valence-corrected chi connectivity index (χ3v) is 7.39. The van der Waals surface area contributed by atoms with Gasteiger partial charge in [-0.05, 0) is 43.3 Å². The van der Waals surface area contributed by atoms with Crippen molar-refractivity contribution in [1.82, 2.24) is 14.3 Å². The predicted octanol–water partition coefficient (Wildman–Crippen LogP) is 2.93. The third kappa shape index (κ3) is 4.13. The van der Waals surface area contributed by atoms with Gasteiger partial charge in [-0.1, -0.05) is 18.2 Å². The van der Waals surface area contributed by atoms with Gasteiger partial charge in [0.05, 0.1) is 36.1 Å². The molecule has 1 amide bonds. The molecule has 4 rings (SSSR count). The number of sulfonamides is 1. The highest BCUT2D eigenvalue weighted by molar-refractivity contribution is 7.93. The summed E-state index contributed by atoms with van der Waals surface area (Å²) in [5.74, 6) is -0.466. The van der Waals surface area contributed by atoms with Gasteiger partial charge in [0.25, 0.3) is 21.5 Å². The molecule has 0 fully saturated rings. The molecule has 2 aromatic heterocycles. The number of hydrogen-bond donors (Lipinski definition) is 0. The number of amides is 1. The third-order valence-electron chi connectivity index (χ3n) is 5.71. The number of aromatic nitrogens is 3. The van der Waals surface area contributed by atoms with Gasteiger partial charge in [0.1, 0.15) is 5.69 Å². The molecule has 11 heteroatoms. The van der Waals surface area contributed by atoms with E-state index in [2.05, 4.69) is 4.98 Å². The van der Waals surface area contributed by atoms with Gasteiger partial charge in [-0.15, -0.1) is 0 Å². The van der Waals surface area contributed by atoms with Crippen LogP contribution in [0.3, 0.4) is 0 Å². The number of rotatable bonds is 7. The van der Waals surface area contributed by atoms with Crippen LogP contribution < -0.4 is 19.3 Å². The van der Waals surface area contributed by atoms with Crippen molar-refractivity contribution < 1.29 is 22.7 Å². The first-order chi connectivity index (χ1) is 17.2. The van der Waals surface area contributed by atoms with Gasteiger partial charge < -0.3 is 9.47 Å². The second-order valence-corrected chi connectivity index (χ2v) is 9.53. The summed E-state index contributed by atoms with van der Waals surface area (Å²) in [7, 11) is -0.194. The molecule has 0 aliphatic carbocycles. The minimum Gasteiger partial charge on any atom is -0.493 e. The number of methoxy groups -OCH3 is 2. The molecule has 0 saturated carbocycles. The second-order valence-electron chi connectivity index (χ2n) is 7.74. The van der Waals surface area contributed by atoms with E-state index in [9.17, 15) is 18.0 Å². The Morgan fingerprint density at radius 3 is 2.28 bits per heavy atom. The molecule has 0 atom stereocenters. The highest BCUT2D eigenvalue weighted by Crippen LogP contribution is 2.33.